The van der Waals surface area contributed by atoms with E-state index in [1.54, 1.807) is 0 Å². The molecule has 0 atom stereocenters. The topological polar surface area (TPSA) is 36.2 Å². The highest BCUT2D eigenvalue weighted by molar-refractivity contribution is 5.94. The van der Waals surface area contributed by atoms with Crippen molar-refractivity contribution in [3.63, 3.8) is 0 Å². The first-order valence-electron chi connectivity index (χ1n) is 5.77. The molecule has 0 aliphatic rings. The molecule has 0 N–H and O–H groups in total. The highest BCUT2D eigenvalue weighted by Crippen LogP contribution is 2.22. The van der Waals surface area contributed by atoms with Crippen LogP contribution in [0.3, 0.4) is 0 Å². The summed E-state index contributed by atoms with van der Waals surface area (Å²) >= 11 is 0. The average Bonchev–Trinajstić information content (AvgIpc) is 2.79. The summed E-state index contributed by atoms with van der Waals surface area (Å²) in [7, 11) is 3.39. The number of carbonyl (C=O) groups excluding carboxylic acids is 1. The summed E-state index contributed by atoms with van der Waals surface area (Å²) in [5.41, 5.74) is 2.77. The summed E-state index contributed by atoms with van der Waals surface area (Å²) < 4.78 is 8.87. The van der Waals surface area contributed by atoms with Crippen LogP contribution >= 0.6 is 0 Å². The van der Waals surface area contributed by atoms with E-state index in [1.165, 1.54) is 7.11 Å². The molecule has 0 aliphatic carbocycles. The third-order valence-corrected chi connectivity index (χ3v) is 2.90. The monoisotopic (exact) mass is 234 g/mol. The summed E-state index contributed by atoms with van der Waals surface area (Å²) in [6.07, 6.45) is 2.00. The molecule has 0 saturated carbocycles. The second-order valence-corrected chi connectivity index (χ2v) is 4.72. The normalized spacial score (nSPS) is 11.4. The molecule has 0 aliphatic heterocycles. The summed E-state index contributed by atoms with van der Waals surface area (Å²) in [4.78, 5) is 11.7. The van der Waals surface area contributed by atoms with Crippen LogP contribution in [0, 0.1) is 5.92 Å². The average molecular weight is 234 g/mol. The number of methoxy groups -OCH3 is 1. The van der Waals surface area contributed by atoms with Crippen LogP contribution in [0.4, 0.5) is 0 Å². The number of hydrogen-bond donors (Lipinski definition) is 0. The Morgan fingerprint density at radius 2 is 2.12 bits per heavy atom. The van der Waals surface area contributed by atoms with Gasteiger partial charge in [-0.1, -0.05) is 13.8 Å². The summed E-state index contributed by atoms with van der Waals surface area (Å²) in [5, 5.41) is 0. The number of carbonyl (C=O) groups is 1. The Balaban J connectivity index is 2.60. The molecule has 4 heteroatoms. The smallest absolute Gasteiger partial charge is 0.354 e. The molecule has 0 fully saturated rings. The van der Waals surface area contributed by atoms with E-state index in [2.05, 4.69) is 13.8 Å². The lowest BCUT2D eigenvalue weighted by molar-refractivity contribution is 0.0588. The number of rotatable bonds is 3. The second kappa shape index (κ2) is 4.28. The Morgan fingerprint density at radius 1 is 1.41 bits per heavy atom. The van der Waals surface area contributed by atoms with Gasteiger partial charge >= 0.3 is 5.97 Å². The number of nitrogens with zero attached hydrogens (tertiary/aromatic N) is 2. The van der Waals surface area contributed by atoms with Crippen molar-refractivity contribution in [2.75, 3.05) is 7.11 Å². The minimum atomic E-state index is -0.276. The first-order valence-corrected chi connectivity index (χ1v) is 5.77. The Labute approximate surface area is 101 Å². The number of ether oxygens (including phenoxy) is 1. The fourth-order valence-corrected chi connectivity index (χ4v) is 2.11. The maximum absolute atomic E-state index is 11.7. The molecule has 0 radical (unpaired) electrons. The largest absolute Gasteiger partial charge is 0.464 e. The molecule has 17 heavy (non-hydrogen) atoms. The number of aromatic nitrogens is 2. The van der Waals surface area contributed by atoms with Crippen LogP contribution < -0.4 is 0 Å². The van der Waals surface area contributed by atoms with E-state index in [0.29, 0.717) is 11.6 Å². The van der Waals surface area contributed by atoms with Crippen LogP contribution in [0.15, 0.2) is 18.3 Å². The highest BCUT2D eigenvalue weighted by Gasteiger charge is 2.18. The molecule has 2 rings (SSSR count). The molecule has 4 nitrogen and oxygen atoms in total. The van der Waals surface area contributed by atoms with Crippen LogP contribution in [-0.4, -0.2) is 22.2 Å². The summed E-state index contributed by atoms with van der Waals surface area (Å²) in [6.45, 7) is 5.09. The van der Waals surface area contributed by atoms with Crippen molar-refractivity contribution in [1.29, 1.82) is 0 Å². The lowest BCUT2D eigenvalue weighted by Crippen LogP contribution is -2.13. The van der Waals surface area contributed by atoms with Crippen molar-refractivity contribution in [3.8, 4) is 0 Å². The maximum atomic E-state index is 11.7. The Morgan fingerprint density at radius 3 is 2.71 bits per heavy atom. The van der Waals surface area contributed by atoms with Gasteiger partial charge in [0.1, 0.15) is 5.69 Å². The lowest BCUT2D eigenvalue weighted by atomic mass is 10.2. The number of hydrogen-bond acceptors (Lipinski definition) is 2. The molecule has 2 aromatic heterocycles. The number of aryl methyl sites for hydroxylation is 1. The molecule has 0 spiro atoms. The zero-order valence-electron chi connectivity index (χ0n) is 10.7. The van der Waals surface area contributed by atoms with Gasteiger partial charge in [-0.05, 0) is 18.1 Å². The SMILES string of the molecule is COC(=O)c1cc2c(ccn2C)n1CC(C)C. The standard InChI is InChI=1S/C13H18N2O2/c1-9(2)8-15-10-5-6-14(3)11(10)7-12(15)13(16)17-4/h5-7,9H,8H2,1-4H3. The molecule has 2 heterocycles. The van der Waals surface area contributed by atoms with Gasteiger partial charge in [-0.2, -0.15) is 0 Å². The second-order valence-electron chi connectivity index (χ2n) is 4.72. The third kappa shape index (κ3) is 1.95. The Hall–Kier alpha value is -1.71. The van der Waals surface area contributed by atoms with Gasteiger partial charge in [0.2, 0.25) is 0 Å². The van der Waals surface area contributed by atoms with Gasteiger partial charge in [0.15, 0.2) is 0 Å². The quantitative estimate of drug-likeness (QED) is 0.765. The third-order valence-electron chi connectivity index (χ3n) is 2.90. The van der Waals surface area contributed by atoms with Crippen molar-refractivity contribution in [2.45, 2.75) is 20.4 Å². The van der Waals surface area contributed by atoms with E-state index in [4.69, 9.17) is 4.74 Å². The van der Waals surface area contributed by atoms with Crippen LogP contribution in [0.5, 0.6) is 0 Å². The van der Waals surface area contributed by atoms with E-state index in [0.717, 1.165) is 17.6 Å². The highest BCUT2D eigenvalue weighted by atomic mass is 16.5. The van der Waals surface area contributed by atoms with Gasteiger partial charge < -0.3 is 13.9 Å². The molecule has 0 saturated heterocycles. The molecule has 0 aromatic carbocycles. The van der Waals surface area contributed by atoms with Gasteiger partial charge in [0.25, 0.3) is 0 Å². The van der Waals surface area contributed by atoms with Gasteiger partial charge in [-0.15, -0.1) is 0 Å². The minimum absolute atomic E-state index is 0.276. The van der Waals surface area contributed by atoms with E-state index >= 15 is 0 Å². The molecular weight excluding hydrogens is 216 g/mol. The fraction of sp³-hybridized carbons (Fsp3) is 0.462. The van der Waals surface area contributed by atoms with Gasteiger partial charge in [-0.3, -0.25) is 0 Å². The van der Waals surface area contributed by atoms with Gasteiger partial charge in [0, 0.05) is 19.8 Å². The van der Waals surface area contributed by atoms with Crippen LogP contribution in [-0.2, 0) is 18.3 Å². The first-order chi connectivity index (χ1) is 8.04. The molecule has 2 aromatic rings. The molecule has 0 amide bonds. The maximum Gasteiger partial charge on any atom is 0.354 e. The lowest BCUT2D eigenvalue weighted by Gasteiger charge is -2.10. The van der Waals surface area contributed by atoms with Crippen molar-refractivity contribution in [1.82, 2.24) is 9.13 Å². The molecule has 0 bridgehead atoms. The van der Waals surface area contributed by atoms with Crippen LogP contribution in [0.2, 0.25) is 0 Å². The predicted octanol–water partition coefficient (Wildman–Crippen LogP) is 2.42. The predicted molar refractivity (Wildman–Crippen MR) is 67.1 cm³/mol. The Bertz CT molecular complexity index is 549. The van der Waals surface area contributed by atoms with Crippen molar-refractivity contribution in [2.24, 2.45) is 13.0 Å². The molecule has 92 valence electrons. The van der Waals surface area contributed by atoms with E-state index in [1.807, 2.05) is 34.5 Å². The zero-order valence-corrected chi connectivity index (χ0v) is 10.7. The minimum Gasteiger partial charge on any atom is -0.464 e. The van der Waals surface area contributed by atoms with Crippen molar-refractivity contribution >= 4 is 17.0 Å². The molecular formula is C13H18N2O2. The Kier molecular flexibility index (Phi) is 2.96. The first kappa shape index (κ1) is 11.8. The molecule has 0 unspecified atom stereocenters. The summed E-state index contributed by atoms with van der Waals surface area (Å²) in [6, 6.07) is 3.92. The number of esters is 1. The van der Waals surface area contributed by atoms with E-state index < -0.39 is 0 Å². The zero-order chi connectivity index (χ0) is 12.6. The van der Waals surface area contributed by atoms with Crippen LogP contribution in [0.1, 0.15) is 24.3 Å². The van der Waals surface area contributed by atoms with Gasteiger partial charge in [-0.25, -0.2) is 4.79 Å². The van der Waals surface area contributed by atoms with E-state index in [-0.39, 0.29) is 5.97 Å². The van der Waals surface area contributed by atoms with Gasteiger partial charge in [0.05, 0.1) is 18.1 Å². The van der Waals surface area contributed by atoms with Crippen molar-refractivity contribution < 1.29 is 9.53 Å². The summed E-state index contributed by atoms with van der Waals surface area (Å²) in [5.74, 6) is 0.205. The number of fused-ring (bicyclic) bond motifs is 1. The van der Waals surface area contributed by atoms with Crippen LogP contribution in [0.25, 0.3) is 11.0 Å². The fourth-order valence-electron chi connectivity index (χ4n) is 2.11. The van der Waals surface area contributed by atoms with E-state index in [9.17, 15) is 4.79 Å². The van der Waals surface area contributed by atoms with Crippen molar-refractivity contribution in [3.05, 3.63) is 24.0 Å².